The molecule has 3 N–H and O–H groups in total. The van der Waals surface area contributed by atoms with Gasteiger partial charge in [-0.2, -0.15) is 0 Å². The highest BCUT2D eigenvalue weighted by atomic mass is 16.5. The van der Waals surface area contributed by atoms with Gasteiger partial charge in [0.2, 0.25) is 0 Å². The van der Waals surface area contributed by atoms with Crippen LogP contribution in [-0.2, 0) is 11.3 Å². The van der Waals surface area contributed by atoms with E-state index >= 15 is 0 Å². The Morgan fingerprint density at radius 2 is 1.95 bits per heavy atom. The third-order valence-electron chi connectivity index (χ3n) is 4.45. The number of amides is 1. The lowest BCUT2D eigenvalue weighted by molar-refractivity contribution is 0.116. The van der Waals surface area contributed by atoms with Gasteiger partial charge in [0.05, 0.1) is 6.10 Å². The van der Waals surface area contributed by atoms with E-state index in [0.717, 1.165) is 31.2 Å². The van der Waals surface area contributed by atoms with E-state index in [9.17, 15) is 9.90 Å². The van der Waals surface area contributed by atoms with E-state index in [1.165, 1.54) is 0 Å². The summed E-state index contributed by atoms with van der Waals surface area (Å²) in [6.45, 7) is 0.967. The number of aliphatic hydroxyl groups is 1. The molecule has 5 nitrogen and oxygen atoms in total. The molecule has 0 heterocycles. The molecule has 1 amide bonds. The largest absolute Gasteiger partial charge is 0.445 e. The molecular weight excluding hydrogens is 280 g/mol. The first kappa shape index (κ1) is 15.3. The topological polar surface area (TPSA) is 70.6 Å². The average molecular weight is 304 g/mol. The van der Waals surface area contributed by atoms with Crippen molar-refractivity contribution in [1.82, 2.24) is 10.6 Å². The first-order valence-electron chi connectivity index (χ1n) is 8.09. The molecule has 0 radical (unpaired) electrons. The summed E-state index contributed by atoms with van der Waals surface area (Å²) in [5.41, 5.74) is 0.986. The molecule has 1 atom stereocenters. The molecule has 0 saturated heterocycles. The van der Waals surface area contributed by atoms with Crippen molar-refractivity contribution in [3.05, 3.63) is 35.9 Å². The van der Waals surface area contributed by atoms with Crippen molar-refractivity contribution in [2.75, 3.05) is 6.54 Å². The molecule has 2 fully saturated rings. The summed E-state index contributed by atoms with van der Waals surface area (Å²) in [5.74, 6) is 0.509. The van der Waals surface area contributed by atoms with Crippen LogP contribution in [0.3, 0.4) is 0 Å². The van der Waals surface area contributed by atoms with E-state index < -0.39 is 0 Å². The van der Waals surface area contributed by atoms with Crippen LogP contribution in [0.5, 0.6) is 0 Å². The lowest BCUT2D eigenvalue weighted by Gasteiger charge is -2.36. The molecule has 1 unspecified atom stereocenters. The van der Waals surface area contributed by atoms with Gasteiger partial charge >= 0.3 is 6.09 Å². The zero-order valence-corrected chi connectivity index (χ0v) is 12.7. The normalized spacial score (nSPS) is 25.1. The Labute approximate surface area is 131 Å². The fourth-order valence-corrected chi connectivity index (χ4v) is 2.77. The number of carbonyl (C=O) groups excluding carboxylic acids is 1. The van der Waals surface area contributed by atoms with Crippen LogP contribution < -0.4 is 10.6 Å². The van der Waals surface area contributed by atoms with Crippen molar-refractivity contribution in [3.8, 4) is 0 Å². The minimum atomic E-state index is -0.356. The maximum Gasteiger partial charge on any atom is 0.407 e. The van der Waals surface area contributed by atoms with Gasteiger partial charge in [0.15, 0.2) is 0 Å². The van der Waals surface area contributed by atoms with Crippen LogP contribution in [0.2, 0.25) is 0 Å². The summed E-state index contributed by atoms with van der Waals surface area (Å²) >= 11 is 0. The first-order valence-corrected chi connectivity index (χ1v) is 8.09. The van der Waals surface area contributed by atoms with Crippen LogP contribution >= 0.6 is 0 Å². The zero-order chi connectivity index (χ0) is 15.4. The van der Waals surface area contributed by atoms with Crippen molar-refractivity contribution in [3.63, 3.8) is 0 Å². The number of hydrogen-bond donors (Lipinski definition) is 3. The second-order valence-corrected chi connectivity index (χ2v) is 6.38. The molecule has 120 valence electrons. The van der Waals surface area contributed by atoms with Crippen LogP contribution in [0.4, 0.5) is 4.79 Å². The molecule has 0 bridgehead atoms. The number of benzene rings is 1. The number of aliphatic hydroxyl groups excluding tert-OH is 1. The molecule has 0 spiro atoms. The summed E-state index contributed by atoms with van der Waals surface area (Å²) in [7, 11) is 0. The van der Waals surface area contributed by atoms with Crippen molar-refractivity contribution >= 4 is 6.09 Å². The number of rotatable bonds is 7. The number of ether oxygens (including phenoxy) is 1. The molecule has 22 heavy (non-hydrogen) atoms. The third-order valence-corrected chi connectivity index (χ3v) is 4.45. The molecular formula is C17H24N2O3. The van der Waals surface area contributed by atoms with Crippen molar-refractivity contribution in [2.45, 2.75) is 50.5 Å². The van der Waals surface area contributed by atoms with Crippen molar-refractivity contribution in [2.24, 2.45) is 5.92 Å². The standard InChI is InChI=1S/C17H24N2O3/c20-16(13-6-7-13)10-18-14-8-15(9-14)19-17(21)22-11-12-4-2-1-3-5-12/h1-5,13-16,18,20H,6-11H2,(H,19,21). The number of hydrogen-bond acceptors (Lipinski definition) is 4. The SMILES string of the molecule is O=C(NC1CC(NCC(O)C2CC2)C1)OCc1ccccc1. The zero-order valence-electron chi connectivity index (χ0n) is 12.7. The predicted octanol–water partition coefficient (Wildman–Crippen LogP) is 1.80. The molecule has 5 heteroatoms. The number of carbonyl (C=O) groups is 1. The Morgan fingerprint density at radius 3 is 2.64 bits per heavy atom. The molecule has 2 aliphatic carbocycles. The quantitative estimate of drug-likeness (QED) is 0.718. The molecule has 0 aromatic heterocycles. The fraction of sp³-hybridized carbons (Fsp3) is 0.588. The Hall–Kier alpha value is -1.59. The Kier molecular flexibility index (Phi) is 4.95. The van der Waals surface area contributed by atoms with Crippen LogP contribution in [0, 0.1) is 5.92 Å². The van der Waals surface area contributed by atoms with Gasteiger partial charge in [0.1, 0.15) is 6.61 Å². The molecule has 2 saturated carbocycles. The van der Waals surface area contributed by atoms with Gasteiger partial charge in [-0.25, -0.2) is 4.79 Å². The monoisotopic (exact) mass is 304 g/mol. The van der Waals surface area contributed by atoms with Gasteiger partial charge in [0.25, 0.3) is 0 Å². The smallest absolute Gasteiger partial charge is 0.407 e. The van der Waals surface area contributed by atoms with Gasteiger partial charge < -0.3 is 20.5 Å². The molecule has 2 aliphatic rings. The van der Waals surface area contributed by atoms with E-state index in [0.29, 0.717) is 25.1 Å². The van der Waals surface area contributed by atoms with E-state index in [4.69, 9.17) is 4.74 Å². The first-order chi connectivity index (χ1) is 10.7. The highest BCUT2D eigenvalue weighted by Crippen LogP contribution is 2.32. The highest BCUT2D eigenvalue weighted by Gasteiger charge is 2.33. The molecule has 1 aromatic rings. The van der Waals surface area contributed by atoms with E-state index in [-0.39, 0.29) is 18.2 Å². The summed E-state index contributed by atoms with van der Waals surface area (Å²) in [5, 5.41) is 16.0. The van der Waals surface area contributed by atoms with Crippen molar-refractivity contribution in [1.29, 1.82) is 0 Å². The summed E-state index contributed by atoms with van der Waals surface area (Å²) < 4.78 is 5.20. The highest BCUT2D eigenvalue weighted by molar-refractivity contribution is 5.67. The van der Waals surface area contributed by atoms with Gasteiger partial charge in [0, 0.05) is 18.6 Å². The lowest BCUT2D eigenvalue weighted by Crippen LogP contribution is -2.53. The Bertz CT molecular complexity index is 484. The van der Waals surface area contributed by atoms with Crippen LogP contribution in [0.15, 0.2) is 30.3 Å². The molecule has 1 aromatic carbocycles. The third kappa shape index (κ3) is 4.45. The van der Waals surface area contributed by atoms with Crippen molar-refractivity contribution < 1.29 is 14.6 Å². The van der Waals surface area contributed by atoms with Crippen LogP contribution in [0.25, 0.3) is 0 Å². The van der Waals surface area contributed by atoms with Gasteiger partial charge in [-0.1, -0.05) is 30.3 Å². The maximum absolute atomic E-state index is 11.7. The molecule has 3 rings (SSSR count). The van der Waals surface area contributed by atoms with E-state index in [1.54, 1.807) is 0 Å². The average Bonchev–Trinajstić information content (AvgIpc) is 3.33. The second-order valence-electron chi connectivity index (χ2n) is 6.38. The Morgan fingerprint density at radius 1 is 1.23 bits per heavy atom. The number of nitrogens with one attached hydrogen (secondary N) is 2. The minimum absolute atomic E-state index is 0.179. The molecule has 0 aliphatic heterocycles. The van der Waals surface area contributed by atoms with Gasteiger partial charge in [-0.05, 0) is 37.2 Å². The summed E-state index contributed by atoms with van der Waals surface area (Å²) in [6, 6.07) is 10.2. The maximum atomic E-state index is 11.7. The lowest BCUT2D eigenvalue weighted by atomic mass is 9.86. The van der Waals surface area contributed by atoms with E-state index in [1.807, 2.05) is 30.3 Å². The van der Waals surface area contributed by atoms with E-state index in [2.05, 4.69) is 10.6 Å². The minimum Gasteiger partial charge on any atom is -0.445 e. The second kappa shape index (κ2) is 7.11. The summed E-state index contributed by atoms with van der Waals surface area (Å²) in [4.78, 5) is 11.7. The fourth-order valence-electron chi connectivity index (χ4n) is 2.77. The summed E-state index contributed by atoms with van der Waals surface area (Å²) in [6.07, 6.45) is 3.55. The van der Waals surface area contributed by atoms with Crippen LogP contribution in [-0.4, -0.2) is 35.9 Å². The van der Waals surface area contributed by atoms with Gasteiger partial charge in [-0.3, -0.25) is 0 Å². The predicted molar refractivity (Wildman–Crippen MR) is 83.3 cm³/mol. The van der Waals surface area contributed by atoms with Gasteiger partial charge in [-0.15, -0.1) is 0 Å². The number of alkyl carbamates (subject to hydrolysis) is 1. The van der Waals surface area contributed by atoms with Crippen LogP contribution in [0.1, 0.15) is 31.2 Å². The Balaban J connectivity index is 1.26.